The molecule has 4 fully saturated rings. The van der Waals surface area contributed by atoms with E-state index in [-0.39, 0.29) is 0 Å². The minimum atomic E-state index is 0.461. The molecule has 0 unspecified atom stereocenters. The molecular formula is C34H52. The maximum Gasteiger partial charge on any atom is -0.00963 e. The van der Waals surface area contributed by atoms with Crippen LogP contribution in [0, 0.1) is 51.8 Å². The lowest BCUT2D eigenvalue weighted by atomic mass is 9.32. The molecule has 5 aliphatic carbocycles. The lowest BCUT2D eigenvalue weighted by molar-refractivity contribution is -0.235. The second kappa shape index (κ2) is 7.16. The monoisotopic (exact) mass is 460 g/mol. The van der Waals surface area contributed by atoms with Crippen LogP contribution < -0.4 is 0 Å². The van der Waals surface area contributed by atoms with Crippen LogP contribution >= 0.6 is 0 Å². The van der Waals surface area contributed by atoms with Gasteiger partial charge in [0.15, 0.2) is 0 Å². The second-order valence-corrected chi connectivity index (χ2v) is 15.5. The first-order chi connectivity index (χ1) is 15.9. The summed E-state index contributed by atoms with van der Waals surface area (Å²) in [5.74, 6) is 3.54. The van der Waals surface area contributed by atoms with Crippen molar-refractivity contribution in [2.45, 2.75) is 132 Å². The van der Waals surface area contributed by atoms with Gasteiger partial charge in [-0.1, -0.05) is 67.0 Å². The highest BCUT2D eigenvalue weighted by molar-refractivity contribution is 5.49. The Balaban J connectivity index is 1.41. The van der Waals surface area contributed by atoms with Crippen LogP contribution in [0.5, 0.6) is 0 Å². The first-order valence-electron chi connectivity index (χ1n) is 15.0. The van der Waals surface area contributed by atoms with Crippen molar-refractivity contribution in [2.24, 2.45) is 44.8 Å². The van der Waals surface area contributed by atoms with E-state index >= 15 is 0 Å². The van der Waals surface area contributed by atoms with Gasteiger partial charge in [-0.05, 0) is 144 Å². The van der Waals surface area contributed by atoms with Gasteiger partial charge in [0.1, 0.15) is 0 Å². The molecule has 5 aliphatic rings. The zero-order valence-corrected chi connectivity index (χ0v) is 23.7. The molecule has 0 saturated heterocycles. The summed E-state index contributed by atoms with van der Waals surface area (Å²) >= 11 is 0. The summed E-state index contributed by atoms with van der Waals surface area (Å²) in [7, 11) is 0. The molecule has 0 spiro atoms. The third kappa shape index (κ3) is 2.68. The standard InChI is InChI=1S/C34H52/c1-9-23-12-11-22(2)29-24(23)21-32(6)25(29)15-19-33(7)28(32)14-13-27-31(5)18-10-17-30(3,4)26(31)16-20-34(27,33)8/h11-12,25-28H,9-10,13-21H2,1-8H3/t25-,26+,27-,28-,31+,32+,33-,34-/m1/s1. The normalized spacial score (nSPS) is 48.8. The highest BCUT2D eigenvalue weighted by Crippen LogP contribution is 2.78. The van der Waals surface area contributed by atoms with E-state index in [1.807, 2.05) is 0 Å². The highest BCUT2D eigenvalue weighted by atomic mass is 14.7. The van der Waals surface area contributed by atoms with Gasteiger partial charge in [-0.25, -0.2) is 0 Å². The van der Waals surface area contributed by atoms with E-state index in [2.05, 4.69) is 67.5 Å². The molecule has 0 heteroatoms. The maximum atomic E-state index is 2.81. The summed E-state index contributed by atoms with van der Waals surface area (Å²) in [4.78, 5) is 0. The molecule has 0 N–H and O–H groups in total. The topological polar surface area (TPSA) is 0 Å². The Morgan fingerprint density at radius 1 is 0.735 bits per heavy atom. The van der Waals surface area contributed by atoms with Crippen molar-refractivity contribution >= 4 is 0 Å². The van der Waals surface area contributed by atoms with Crippen molar-refractivity contribution in [2.75, 3.05) is 0 Å². The van der Waals surface area contributed by atoms with Crippen LogP contribution in [-0.4, -0.2) is 0 Å². The predicted molar refractivity (Wildman–Crippen MR) is 145 cm³/mol. The van der Waals surface area contributed by atoms with Gasteiger partial charge >= 0.3 is 0 Å². The molecule has 1 aromatic carbocycles. The summed E-state index contributed by atoms with van der Waals surface area (Å²) in [5.41, 5.74) is 9.37. The fourth-order valence-electron chi connectivity index (χ4n) is 12.5. The van der Waals surface area contributed by atoms with Gasteiger partial charge in [0.25, 0.3) is 0 Å². The fourth-order valence-corrected chi connectivity index (χ4v) is 12.5. The van der Waals surface area contributed by atoms with E-state index in [0.29, 0.717) is 27.1 Å². The number of aryl methyl sites for hydroxylation is 2. The average Bonchev–Trinajstić information content (AvgIpc) is 3.07. The molecule has 6 rings (SSSR count). The minimum Gasteiger partial charge on any atom is -0.0613 e. The zero-order chi connectivity index (χ0) is 24.3. The molecule has 0 bridgehead atoms. The Morgan fingerprint density at radius 3 is 2.06 bits per heavy atom. The molecule has 8 atom stereocenters. The van der Waals surface area contributed by atoms with Crippen LogP contribution in [0.2, 0.25) is 0 Å². The third-order valence-corrected chi connectivity index (χ3v) is 14.1. The van der Waals surface area contributed by atoms with Crippen molar-refractivity contribution in [3.05, 3.63) is 34.4 Å². The molecule has 34 heavy (non-hydrogen) atoms. The Labute approximate surface area is 211 Å². The molecule has 0 aliphatic heterocycles. The smallest absolute Gasteiger partial charge is 0.00963 e. The summed E-state index contributed by atoms with van der Waals surface area (Å²) in [6, 6.07) is 4.90. The van der Waals surface area contributed by atoms with E-state index in [1.54, 1.807) is 22.3 Å². The first-order valence-corrected chi connectivity index (χ1v) is 15.0. The number of benzene rings is 1. The third-order valence-electron chi connectivity index (χ3n) is 14.1. The van der Waals surface area contributed by atoms with E-state index in [0.717, 1.165) is 23.7 Å². The lowest BCUT2D eigenvalue weighted by Gasteiger charge is -2.73. The van der Waals surface area contributed by atoms with Gasteiger partial charge in [0.2, 0.25) is 0 Å². The zero-order valence-electron chi connectivity index (χ0n) is 23.7. The van der Waals surface area contributed by atoms with Gasteiger partial charge in [-0.15, -0.1) is 0 Å². The van der Waals surface area contributed by atoms with Crippen LogP contribution in [0.3, 0.4) is 0 Å². The average molecular weight is 461 g/mol. The Hall–Kier alpha value is -0.780. The van der Waals surface area contributed by atoms with Gasteiger partial charge in [0.05, 0.1) is 0 Å². The SMILES string of the molecule is CCc1ccc(C)c2c1C[C@@]1(C)[C@@H]2CC[C@]2(C)[C@@H]1CC[C@@H]1[C@@]3(C)CCCC(C)(C)[C@@H]3CC[C@]12C. The molecule has 4 saturated carbocycles. The minimum absolute atomic E-state index is 0.461. The van der Waals surface area contributed by atoms with Crippen LogP contribution in [0.15, 0.2) is 12.1 Å². The largest absolute Gasteiger partial charge is 0.0613 e. The Bertz CT molecular complexity index is 1000. The second-order valence-electron chi connectivity index (χ2n) is 15.5. The molecule has 0 amide bonds. The summed E-state index contributed by atoms with van der Waals surface area (Å²) in [6.45, 7) is 21.1. The summed E-state index contributed by atoms with van der Waals surface area (Å²) in [6.07, 6.45) is 15.8. The Morgan fingerprint density at radius 2 is 1.38 bits per heavy atom. The fraction of sp³-hybridized carbons (Fsp3) is 0.824. The van der Waals surface area contributed by atoms with Crippen LogP contribution in [-0.2, 0) is 12.8 Å². The molecule has 188 valence electrons. The molecule has 0 heterocycles. The number of hydrogen-bond donors (Lipinski definition) is 0. The van der Waals surface area contributed by atoms with Crippen molar-refractivity contribution in [3.63, 3.8) is 0 Å². The predicted octanol–water partition coefficient (Wildman–Crippen LogP) is 9.66. The van der Waals surface area contributed by atoms with E-state index in [9.17, 15) is 0 Å². The molecular weight excluding hydrogens is 408 g/mol. The van der Waals surface area contributed by atoms with Crippen LogP contribution in [0.1, 0.15) is 134 Å². The van der Waals surface area contributed by atoms with Crippen molar-refractivity contribution in [3.8, 4) is 0 Å². The van der Waals surface area contributed by atoms with Gasteiger partial charge in [-0.2, -0.15) is 0 Å². The Kier molecular flexibility index (Phi) is 4.97. The number of rotatable bonds is 1. The molecule has 0 nitrogen and oxygen atoms in total. The van der Waals surface area contributed by atoms with E-state index in [1.165, 1.54) is 70.6 Å². The first kappa shape index (κ1) is 23.6. The van der Waals surface area contributed by atoms with Gasteiger partial charge in [-0.3, -0.25) is 0 Å². The molecule has 0 aromatic heterocycles. The molecule has 0 radical (unpaired) electrons. The van der Waals surface area contributed by atoms with Crippen molar-refractivity contribution in [1.29, 1.82) is 0 Å². The number of fused-ring (bicyclic) bond motifs is 9. The van der Waals surface area contributed by atoms with Crippen molar-refractivity contribution in [1.82, 2.24) is 0 Å². The lowest BCUT2D eigenvalue weighted by Crippen LogP contribution is -2.65. The van der Waals surface area contributed by atoms with Gasteiger partial charge in [0, 0.05) is 0 Å². The molecule has 1 aromatic rings. The van der Waals surface area contributed by atoms with Gasteiger partial charge < -0.3 is 0 Å². The van der Waals surface area contributed by atoms with Crippen molar-refractivity contribution < 1.29 is 0 Å². The quantitative estimate of drug-likeness (QED) is 0.391. The van der Waals surface area contributed by atoms with Crippen LogP contribution in [0.25, 0.3) is 0 Å². The van der Waals surface area contributed by atoms with E-state index < -0.39 is 0 Å². The maximum absolute atomic E-state index is 2.81. The van der Waals surface area contributed by atoms with Crippen LogP contribution in [0.4, 0.5) is 0 Å². The number of hydrogen-bond acceptors (Lipinski definition) is 0. The van der Waals surface area contributed by atoms with E-state index in [4.69, 9.17) is 0 Å². The highest BCUT2D eigenvalue weighted by Gasteiger charge is 2.70. The summed E-state index contributed by atoms with van der Waals surface area (Å²) in [5, 5.41) is 0. The summed E-state index contributed by atoms with van der Waals surface area (Å²) < 4.78 is 0.